The molecule has 0 amide bonds. The second kappa shape index (κ2) is 7.93. The number of para-hydroxylation sites is 3. The number of nitriles is 1. The van der Waals surface area contributed by atoms with Crippen molar-refractivity contribution < 1.29 is 13.9 Å². The number of aromatic nitrogens is 3. The summed E-state index contributed by atoms with van der Waals surface area (Å²) < 4.78 is 12.4. The summed E-state index contributed by atoms with van der Waals surface area (Å²) in [5, 5.41) is 10.8. The lowest BCUT2D eigenvalue weighted by Gasteiger charge is -2.02. The van der Waals surface area contributed by atoms with Gasteiger partial charge in [-0.25, -0.2) is 9.78 Å². The summed E-state index contributed by atoms with van der Waals surface area (Å²) in [6, 6.07) is 21.2. The van der Waals surface area contributed by atoms with Crippen molar-refractivity contribution in [1.29, 1.82) is 5.26 Å². The molecule has 0 bridgehead atoms. The molecule has 1 N–H and O–H groups in total. The first-order valence-corrected chi connectivity index (χ1v) is 9.98. The molecule has 7 heteroatoms. The predicted molar refractivity (Wildman–Crippen MR) is 121 cm³/mol. The highest BCUT2D eigenvalue weighted by Gasteiger charge is 2.14. The monoisotopic (exact) mass is 422 g/mol. The van der Waals surface area contributed by atoms with Crippen LogP contribution >= 0.6 is 0 Å². The molecule has 0 aliphatic heterocycles. The number of rotatable bonds is 5. The van der Waals surface area contributed by atoms with E-state index in [0.717, 1.165) is 27.5 Å². The Hall–Kier alpha value is -4.57. The summed E-state index contributed by atoms with van der Waals surface area (Å²) in [4.78, 5) is 19.4. The number of carbonyl (C=O) groups is 1. The van der Waals surface area contributed by atoms with Crippen molar-refractivity contribution in [2.75, 3.05) is 7.11 Å². The minimum absolute atomic E-state index is 0.163. The molecule has 3 heterocycles. The number of imidazole rings is 1. The molecule has 7 nitrogen and oxygen atoms in total. The Bertz CT molecular complexity index is 1490. The number of carbonyl (C=O) groups excluding carboxylic acids is 1. The van der Waals surface area contributed by atoms with Gasteiger partial charge in [0.2, 0.25) is 5.76 Å². The van der Waals surface area contributed by atoms with Gasteiger partial charge in [0.1, 0.15) is 17.7 Å². The van der Waals surface area contributed by atoms with Crippen LogP contribution in [0.4, 0.5) is 0 Å². The summed E-state index contributed by atoms with van der Waals surface area (Å²) in [7, 11) is 1.32. The van der Waals surface area contributed by atoms with E-state index in [-0.39, 0.29) is 5.76 Å². The number of hydrogen-bond acceptors (Lipinski definition) is 5. The van der Waals surface area contributed by atoms with Gasteiger partial charge in [0.15, 0.2) is 0 Å². The number of aromatic amines is 1. The van der Waals surface area contributed by atoms with Gasteiger partial charge in [0.05, 0.1) is 30.3 Å². The van der Waals surface area contributed by atoms with E-state index >= 15 is 0 Å². The molecule has 0 aliphatic carbocycles. The van der Waals surface area contributed by atoms with Crippen molar-refractivity contribution in [3.05, 3.63) is 89.8 Å². The highest BCUT2D eigenvalue weighted by Crippen LogP contribution is 2.27. The molecule has 3 aromatic heterocycles. The minimum Gasteiger partial charge on any atom is -0.463 e. The Morgan fingerprint density at radius 1 is 1.19 bits per heavy atom. The highest BCUT2D eigenvalue weighted by molar-refractivity contribution is 5.98. The fourth-order valence-electron chi connectivity index (χ4n) is 3.75. The van der Waals surface area contributed by atoms with Crippen LogP contribution in [0.15, 0.2) is 71.3 Å². The fourth-order valence-corrected chi connectivity index (χ4v) is 3.75. The highest BCUT2D eigenvalue weighted by atomic mass is 16.5. The zero-order chi connectivity index (χ0) is 22.1. The second-order valence-corrected chi connectivity index (χ2v) is 7.26. The van der Waals surface area contributed by atoms with Gasteiger partial charge in [-0.05, 0) is 36.4 Å². The van der Waals surface area contributed by atoms with Gasteiger partial charge < -0.3 is 18.7 Å². The molecular formula is C25H18N4O3. The molecule has 2 aromatic carbocycles. The van der Waals surface area contributed by atoms with Crippen LogP contribution in [0.1, 0.15) is 27.7 Å². The van der Waals surface area contributed by atoms with Crippen LogP contribution in [0, 0.1) is 11.3 Å². The smallest absolute Gasteiger partial charge is 0.373 e. The summed E-state index contributed by atoms with van der Waals surface area (Å²) in [5.41, 5.74) is 4.00. The van der Waals surface area contributed by atoms with E-state index in [9.17, 15) is 10.1 Å². The van der Waals surface area contributed by atoms with Gasteiger partial charge in [0.25, 0.3) is 0 Å². The number of esters is 1. The quantitative estimate of drug-likeness (QED) is 0.317. The standard InChI is InChI=1S/C25H18N4O3/c1-31-25(30)23-11-10-18(32-23)15-29-14-17(19-6-2-5-9-22(19)29)12-16(13-26)24-27-20-7-3-4-8-21(20)28-24/h2-12,14H,15H2,1H3,(H,27,28)/b16-12-. The third kappa shape index (κ3) is 3.44. The zero-order valence-corrected chi connectivity index (χ0v) is 17.2. The number of furan rings is 1. The van der Waals surface area contributed by atoms with E-state index in [4.69, 9.17) is 9.15 Å². The van der Waals surface area contributed by atoms with Crippen LogP contribution in [-0.4, -0.2) is 27.6 Å². The first-order valence-electron chi connectivity index (χ1n) is 9.98. The number of H-pyrrole nitrogens is 1. The third-order valence-corrected chi connectivity index (χ3v) is 5.26. The van der Waals surface area contributed by atoms with Gasteiger partial charge in [-0.1, -0.05) is 30.3 Å². The fraction of sp³-hybridized carbons (Fsp3) is 0.0800. The molecule has 5 aromatic rings. The van der Waals surface area contributed by atoms with Crippen LogP contribution in [-0.2, 0) is 11.3 Å². The molecule has 32 heavy (non-hydrogen) atoms. The van der Waals surface area contributed by atoms with Crippen molar-refractivity contribution in [3.63, 3.8) is 0 Å². The molecule has 0 unspecified atom stereocenters. The number of nitrogens with zero attached hydrogens (tertiary/aromatic N) is 3. The Labute approximate surface area is 183 Å². The van der Waals surface area contributed by atoms with Crippen LogP contribution < -0.4 is 0 Å². The average molecular weight is 422 g/mol. The third-order valence-electron chi connectivity index (χ3n) is 5.26. The molecule has 0 fully saturated rings. The molecular weight excluding hydrogens is 404 g/mol. The van der Waals surface area contributed by atoms with E-state index in [2.05, 4.69) is 16.0 Å². The Balaban J connectivity index is 1.55. The van der Waals surface area contributed by atoms with Gasteiger partial charge in [-0.2, -0.15) is 5.26 Å². The van der Waals surface area contributed by atoms with Crippen molar-refractivity contribution >= 4 is 39.6 Å². The normalized spacial score (nSPS) is 11.7. The van der Waals surface area contributed by atoms with Crippen LogP contribution in [0.5, 0.6) is 0 Å². The minimum atomic E-state index is -0.512. The van der Waals surface area contributed by atoms with Crippen molar-refractivity contribution in [3.8, 4) is 6.07 Å². The summed E-state index contributed by atoms with van der Waals surface area (Å²) in [6.07, 6.45) is 3.80. The number of benzene rings is 2. The van der Waals surface area contributed by atoms with Crippen molar-refractivity contribution in [1.82, 2.24) is 14.5 Å². The number of hydrogen-bond donors (Lipinski definition) is 1. The number of fused-ring (bicyclic) bond motifs is 2. The van der Waals surface area contributed by atoms with E-state index in [1.165, 1.54) is 7.11 Å². The lowest BCUT2D eigenvalue weighted by atomic mass is 10.1. The Morgan fingerprint density at radius 3 is 2.81 bits per heavy atom. The SMILES string of the molecule is COC(=O)c1ccc(Cn2cc(/C=C(/C#N)c3nc4ccccc4[nH]3)c3ccccc32)o1. The number of nitrogens with one attached hydrogen (secondary N) is 1. The maximum Gasteiger partial charge on any atom is 0.373 e. The van der Waals surface area contributed by atoms with Gasteiger partial charge in [-0.15, -0.1) is 0 Å². The molecule has 0 saturated heterocycles. The van der Waals surface area contributed by atoms with Crippen LogP contribution in [0.2, 0.25) is 0 Å². The van der Waals surface area contributed by atoms with Crippen LogP contribution in [0.3, 0.4) is 0 Å². The van der Waals surface area contributed by atoms with E-state index in [1.807, 2.05) is 65.4 Å². The average Bonchev–Trinajstić information content (AvgIpc) is 3.55. The number of allylic oxidation sites excluding steroid dienone is 1. The largest absolute Gasteiger partial charge is 0.463 e. The summed E-state index contributed by atoms with van der Waals surface area (Å²) >= 11 is 0. The Morgan fingerprint density at radius 2 is 2.00 bits per heavy atom. The van der Waals surface area contributed by atoms with Gasteiger partial charge >= 0.3 is 5.97 Å². The molecule has 0 atom stereocenters. The second-order valence-electron chi connectivity index (χ2n) is 7.26. The van der Waals surface area contributed by atoms with Gasteiger partial charge in [0, 0.05) is 22.7 Å². The lowest BCUT2D eigenvalue weighted by molar-refractivity contribution is 0.0563. The predicted octanol–water partition coefficient (Wildman–Crippen LogP) is 5.01. The van der Waals surface area contributed by atoms with E-state index < -0.39 is 5.97 Å². The lowest BCUT2D eigenvalue weighted by Crippen LogP contribution is -1.99. The first-order chi connectivity index (χ1) is 15.7. The van der Waals surface area contributed by atoms with E-state index in [1.54, 1.807) is 12.1 Å². The van der Waals surface area contributed by atoms with Crippen molar-refractivity contribution in [2.24, 2.45) is 0 Å². The van der Waals surface area contributed by atoms with Crippen LogP contribution in [0.25, 0.3) is 33.6 Å². The number of ether oxygens (including phenoxy) is 1. The van der Waals surface area contributed by atoms with E-state index in [0.29, 0.717) is 23.7 Å². The summed E-state index contributed by atoms with van der Waals surface area (Å²) in [5.74, 6) is 0.802. The maximum absolute atomic E-state index is 11.7. The topological polar surface area (TPSA) is 96.8 Å². The molecule has 0 aliphatic rings. The molecule has 156 valence electrons. The molecule has 0 spiro atoms. The van der Waals surface area contributed by atoms with Gasteiger partial charge in [-0.3, -0.25) is 0 Å². The molecule has 5 rings (SSSR count). The number of methoxy groups -OCH3 is 1. The maximum atomic E-state index is 11.7. The zero-order valence-electron chi connectivity index (χ0n) is 17.2. The van der Waals surface area contributed by atoms with Crippen molar-refractivity contribution in [2.45, 2.75) is 6.54 Å². The molecule has 0 radical (unpaired) electrons. The molecule has 0 saturated carbocycles. The Kier molecular flexibility index (Phi) is 4.81. The first kappa shape index (κ1) is 19.4. The summed E-state index contributed by atoms with van der Waals surface area (Å²) in [6.45, 7) is 0.428.